The molecular weight excluding hydrogens is 250 g/mol. The van der Waals surface area contributed by atoms with Crippen LogP contribution in [0.1, 0.15) is 36.8 Å². The SMILES string of the molecule is CCCCN1CC2Cc3cc(OC)c(OC)cc3C2C1. The second kappa shape index (κ2) is 5.65. The fourth-order valence-corrected chi connectivity index (χ4v) is 3.83. The van der Waals surface area contributed by atoms with Gasteiger partial charge in [-0.25, -0.2) is 0 Å². The van der Waals surface area contributed by atoms with Crippen LogP contribution in [-0.2, 0) is 6.42 Å². The van der Waals surface area contributed by atoms with Gasteiger partial charge in [0.1, 0.15) is 0 Å². The van der Waals surface area contributed by atoms with Crippen LogP contribution in [-0.4, -0.2) is 38.8 Å². The van der Waals surface area contributed by atoms with Crippen LogP contribution in [0, 0.1) is 5.92 Å². The summed E-state index contributed by atoms with van der Waals surface area (Å²) in [6.07, 6.45) is 3.80. The fourth-order valence-electron chi connectivity index (χ4n) is 3.83. The molecule has 0 amide bonds. The van der Waals surface area contributed by atoms with E-state index < -0.39 is 0 Å². The number of hydrogen-bond donors (Lipinski definition) is 0. The molecule has 0 radical (unpaired) electrons. The minimum atomic E-state index is 0.696. The summed E-state index contributed by atoms with van der Waals surface area (Å²) < 4.78 is 10.9. The van der Waals surface area contributed by atoms with E-state index in [0.717, 1.165) is 17.4 Å². The van der Waals surface area contributed by atoms with E-state index in [9.17, 15) is 0 Å². The molecule has 1 aliphatic heterocycles. The highest BCUT2D eigenvalue weighted by atomic mass is 16.5. The van der Waals surface area contributed by atoms with Gasteiger partial charge in [0, 0.05) is 19.0 Å². The van der Waals surface area contributed by atoms with E-state index >= 15 is 0 Å². The Kier molecular flexibility index (Phi) is 3.88. The average Bonchev–Trinajstić information content (AvgIpc) is 3.00. The van der Waals surface area contributed by atoms with Crippen LogP contribution in [0.3, 0.4) is 0 Å². The van der Waals surface area contributed by atoms with Crippen molar-refractivity contribution in [3.05, 3.63) is 23.3 Å². The molecule has 3 nitrogen and oxygen atoms in total. The molecule has 2 unspecified atom stereocenters. The second-order valence-corrected chi connectivity index (χ2v) is 6.09. The number of fused-ring (bicyclic) bond motifs is 3. The Bertz CT molecular complexity index is 486. The first-order valence-corrected chi connectivity index (χ1v) is 7.74. The summed E-state index contributed by atoms with van der Waals surface area (Å²) >= 11 is 0. The highest BCUT2D eigenvalue weighted by molar-refractivity contribution is 5.51. The number of methoxy groups -OCH3 is 2. The smallest absolute Gasteiger partial charge is 0.161 e. The van der Waals surface area contributed by atoms with Gasteiger partial charge >= 0.3 is 0 Å². The van der Waals surface area contributed by atoms with Gasteiger partial charge in [-0.2, -0.15) is 0 Å². The molecule has 3 heteroatoms. The Hall–Kier alpha value is -1.22. The predicted molar refractivity (Wildman–Crippen MR) is 80.8 cm³/mol. The van der Waals surface area contributed by atoms with Gasteiger partial charge in [0.2, 0.25) is 0 Å². The zero-order chi connectivity index (χ0) is 14.1. The maximum atomic E-state index is 5.46. The summed E-state index contributed by atoms with van der Waals surface area (Å²) in [5.41, 5.74) is 2.96. The molecule has 110 valence electrons. The van der Waals surface area contributed by atoms with Crippen LogP contribution >= 0.6 is 0 Å². The van der Waals surface area contributed by atoms with Gasteiger partial charge in [-0.1, -0.05) is 13.3 Å². The highest BCUT2D eigenvalue weighted by Crippen LogP contribution is 2.46. The molecule has 1 heterocycles. The lowest BCUT2D eigenvalue weighted by Gasteiger charge is -2.17. The molecule has 3 rings (SSSR count). The van der Waals surface area contributed by atoms with Gasteiger partial charge in [0.25, 0.3) is 0 Å². The van der Waals surface area contributed by atoms with Crippen molar-refractivity contribution in [3.63, 3.8) is 0 Å². The molecule has 1 aromatic carbocycles. The van der Waals surface area contributed by atoms with Crippen molar-refractivity contribution in [1.29, 1.82) is 0 Å². The van der Waals surface area contributed by atoms with E-state index in [4.69, 9.17) is 9.47 Å². The Morgan fingerprint density at radius 2 is 1.90 bits per heavy atom. The number of hydrogen-bond acceptors (Lipinski definition) is 3. The molecule has 20 heavy (non-hydrogen) atoms. The number of unbranched alkanes of at least 4 members (excludes halogenated alkanes) is 1. The molecule has 1 aromatic rings. The van der Waals surface area contributed by atoms with E-state index in [0.29, 0.717) is 5.92 Å². The summed E-state index contributed by atoms with van der Waals surface area (Å²) in [5.74, 6) is 3.23. The highest BCUT2D eigenvalue weighted by Gasteiger charge is 2.40. The molecule has 1 saturated heterocycles. The van der Waals surface area contributed by atoms with E-state index in [1.807, 2.05) is 0 Å². The largest absolute Gasteiger partial charge is 0.493 e. The van der Waals surface area contributed by atoms with Gasteiger partial charge in [0.15, 0.2) is 11.5 Å². The Labute approximate surface area is 121 Å². The molecule has 0 saturated carbocycles. The number of ether oxygens (including phenoxy) is 2. The minimum absolute atomic E-state index is 0.696. The Morgan fingerprint density at radius 3 is 2.60 bits per heavy atom. The summed E-state index contributed by atoms with van der Waals surface area (Å²) in [6.45, 7) is 5.99. The monoisotopic (exact) mass is 275 g/mol. The average molecular weight is 275 g/mol. The first kappa shape index (κ1) is 13.7. The van der Waals surface area contributed by atoms with E-state index in [-0.39, 0.29) is 0 Å². The third-order valence-electron chi connectivity index (χ3n) is 4.87. The zero-order valence-electron chi connectivity index (χ0n) is 12.8. The van der Waals surface area contributed by atoms with E-state index in [2.05, 4.69) is 24.0 Å². The lowest BCUT2D eigenvalue weighted by atomic mass is 9.96. The van der Waals surface area contributed by atoms with Crippen molar-refractivity contribution in [3.8, 4) is 11.5 Å². The predicted octanol–water partition coefficient (Wildman–Crippen LogP) is 3.08. The number of nitrogens with zero attached hydrogens (tertiary/aromatic N) is 1. The molecule has 0 bridgehead atoms. The molecule has 1 aliphatic carbocycles. The van der Waals surface area contributed by atoms with Crippen LogP contribution in [0.4, 0.5) is 0 Å². The van der Waals surface area contributed by atoms with Crippen molar-refractivity contribution in [2.75, 3.05) is 33.9 Å². The summed E-state index contributed by atoms with van der Waals surface area (Å²) in [4.78, 5) is 2.64. The maximum Gasteiger partial charge on any atom is 0.161 e. The quantitative estimate of drug-likeness (QED) is 0.824. The van der Waals surface area contributed by atoms with Crippen LogP contribution in [0.25, 0.3) is 0 Å². The topological polar surface area (TPSA) is 21.7 Å². The molecule has 0 spiro atoms. The lowest BCUT2D eigenvalue weighted by molar-refractivity contribution is 0.315. The summed E-state index contributed by atoms with van der Waals surface area (Å²) in [5, 5.41) is 0. The van der Waals surface area contributed by atoms with Crippen LogP contribution in [0.15, 0.2) is 12.1 Å². The van der Waals surface area contributed by atoms with Crippen LogP contribution in [0.5, 0.6) is 11.5 Å². The third kappa shape index (κ3) is 2.28. The molecular formula is C17H25NO2. The molecule has 0 N–H and O–H groups in total. The van der Waals surface area contributed by atoms with E-state index in [1.165, 1.54) is 50.0 Å². The first-order chi connectivity index (χ1) is 9.76. The minimum Gasteiger partial charge on any atom is -0.493 e. The Balaban J connectivity index is 1.81. The number of rotatable bonds is 5. The van der Waals surface area contributed by atoms with Gasteiger partial charge in [-0.05, 0) is 48.6 Å². The van der Waals surface area contributed by atoms with Crippen molar-refractivity contribution < 1.29 is 9.47 Å². The van der Waals surface area contributed by atoms with Crippen molar-refractivity contribution in [1.82, 2.24) is 4.90 Å². The lowest BCUT2D eigenvalue weighted by Crippen LogP contribution is -2.23. The number of likely N-dealkylation sites (tertiary alicyclic amines) is 1. The zero-order valence-corrected chi connectivity index (χ0v) is 12.8. The molecule has 2 aliphatic rings. The van der Waals surface area contributed by atoms with Crippen LogP contribution in [0.2, 0.25) is 0 Å². The fraction of sp³-hybridized carbons (Fsp3) is 0.647. The van der Waals surface area contributed by atoms with Gasteiger partial charge < -0.3 is 14.4 Å². The number of benzene rings is 1. The van der Waals surface area contributed by atoms with Crippen molar-refractivity contribution in [2.24, 2.45) is 5.92 Å². The maximum absolute atomic E-state index is 5.46. The summed E-state index contributed by atoms with van der Waals surface area (Å²) in [7, 11) is 3.44. The van der Waals surface area contributed by atoms with Crippen LogP contribution < -0.4 is 9.47 Å². The Morgan fingerprint density at radius 1 is 1.15 bits per heavy atom. The molecule has 1 fully saturated rings. The molecule has 2 atom stereocenters. The first-order valence-electron chi connectivity index (χ1n) is 7.74. The van der Waals surface area contributed by atoms with Gasteiger partial charge in [-0.15, -0.1) is 0 Å². The van der Waals surface area contributed by atoms with Crippen molar-refractivity contribution in [2.45, 2.75) is 32.1 Å². The normalized spacial score (nSPS) is 24.6. The standard InChI is InChI=1S/C17H25NO2/c1-4-5-6-18-10-13-7-12-8-16(19-2)17(20-3)9-14(12)15(13)11-18/h8-9,13,15H,4-7,10-11H2,1-3H3. The van der Waals surface area contributed by atoms with Gasteiger partial charge in [-0.3, -0.25) is 0 Å². The third-order valence-corrected chi connectivity index (χ3v) is 4.87. The van der Waals surface area contributed by atoms with E-state index in [1.54, 1.807) is 14.2 Å². The summed E-state index contributed by atoms with van der Waals surface area (Å²) in [6, 6.07) is 4.39. The van der Waals surface area contributed by atoms with Crippen molar-refractivity contribution >= 4 is 0 Å². The molecule has 0 aromatic heterocycles. The van der Waals surface area contributed by atoms with Gasteiger partial charge in [0.05, 0.1) is 14.2 Å². The second-order valence-electron chi connectivity index (χ2n) is 6.09.